The molecule has 5 aromatic rings. The zero-order chi connectivity index (χ0) is 42.9. The van der Waals surface area contributed by atoms with E-state index in [1.807, 2.05) is 38.1 Å². The van der Waals surface area contributed by atoms with Gasteiger partial charge in [-0.1, -0.05) is 47.2 Å². The molecule has 0 aliphatic carbocycles. The second kappa shape index (κ2) is 20.0. The second-order valence-corrected chi connectivity index (χ2v) is 16.1. The van der Waals surface area contributed by atoms with Crippen LogP contribution in [0.1, 0.15) is 49.0 Å². The molecule has 5 N–H and O–H groups in total. The Morgan fingerprint density at radius 2 is 1.74 bits per heavy atom. The van der Waals surface area contributed by atoms with E-state index in [-0.39, 0.29) is 37.0 Å². The number of rotatable bonds is 16. The number of fused-ring (bicyclic) bond motifs is 1. The predicted molar refractivity (Wildman–Crippen MR) is 235 cm³/mol. The molecule has 7 rings (SSSR count). The van der Waals surface area contributed by atoms with Crippen molar-refractivity contribution >= 4 is 68.8 Å². The summed E-state index contributed by atoms with van der Waals surface area (Å²) in [6.45, 7) is 10.3. The third kappa shape index (κ3) is 11.4. The van der Waals surface area contributed by atoms with E-state index in [1.165, 1.54) is 40.6 Å². The van der Waals surface area contributed by atoms with E-state index >= 15 is 0 Å². The Balaban J connectivity index is 0.772. The molecule has 0 spiro atoms. The summed E-state index contributed by atoms with van der Waals surface area (Å²) in [7, 11) is 0. The number of aromatic nitrogens is 4. The highest BCUT2D eigenvalue weighted by Crippen LogP contribution is 2.31. The number of aromatic amines is 1. The van der Waals surface area contributed by atoms with E-state index in [9.17, 15) is 24.0 Å². The van der Waals surface area contributed by atoms with Crippen molar-refractivity contribution in [3.05, 3.63) is 126 Å². The molecule has 19 heteroatoms. The zero-order valence-electron chi connectivity index (χ0n) is 33.8. The molecule has 318 valence electrons. The van der Waals surface area contributed by atoms with Gasteiger partial charge in [-0.05, 0) is 62.2 Å². The number of halogens is 1. The van der Waals surface area contributed by atoms with Gasteiger partial charge in [-0.3, -0.25) is 33.9 Å². The van der Waals surface area contributed by atoms with Gasteiger partial charge in [0.1, 0.15) is 27.9 Å². The molecule has 0 atom stereocenters. The molecule has 2 aliphatic rings. The lowest BCUT2D eigenvalue weighted by molar-refractivity contribution is -0.115. The molecule has 3 amide bonds. The molecule has 1 saturated heterocycles. The van der Waals surface area contributed by atoms with Gasteiger partial charge in [0.05, 0.1) is 30.1 Å². The normalized spacial score (nSPS) is 13.8. The number of aryl methyl sites for hydroxylation is 2. The van der Waals surface area contributed by atoms with E-state index in [1.54, 1.807) is 18.2 Å². The first-order chi connectivity index (χ1) is 29.5. The van der Waals surface area contributed by atoms with E-state index < -0.39 is 17.0 Å². The summed E-state index contributed by atoms with van der Waals surface area (Å²) in [6.07, 6.45) is 2.26. The van der Waals surface area contributed by atoms with E-state index in [4.69, 9.17) is 16.3 Å². The Kier molecular flexibility index (Phi) is 14.1. The van der Waals surface area contributed by atoms with Crippen LogP contribution in [0.4, 0.5) is 28.1 Å². The Morgan fingerprint density at radius 3 is 2.56 bits per heavy atom. The number of carbonyl (C=O) groups excluding carboxylic acids is 3. The van der Waals surface area contributed by atoms with Gasteiger partial charge < -0.3 is 35.8 Å². The van der Waals surface area contributed by atoms with Crippen LogP contribution in [0.25, 0.3) is 0 Å². The summed E-state index contributed by atoms with van der Waals surface area (Å²) in [5, 5.41) is 13.2. The van der Waals surface area contributed by atoms with Gasteiger partial charge in [0.2, 0.25) is 5.91 Å². The van der Waals surface area contributed by atoms with Crippen molar-refractivity contribution in [3.8, 4) is 0 Å². The highest BCUT2D eigenvalue weighted by molar-refractivity contribution is 7.17. The Morgan fingerprint density at radius 1 is 0.918 bits per heavy atom. The number of hydrogen-bond donors (Lipinski definition) is 5. The average Bonchev–Trinajstić information content (AvgIpc) is 3.85. The average molecular weight is 868 g/mol. The Labute approximate surface area is 360 Å². The first kappa shape index (κ1) is 43.1. The third-order valence-electron chi connectivity index (χ3n) is 10.1. The fraction of sp³-hybridized carbons (Fsp3) is 0.333. The lowest BCUT2D eigenvalue weighted by Crippen LogP contribution is -2.47. The Hall–Kier alpha value is -6.05. The summed E-state index contributed by atoms with van der Waals surface area (Å²) in [6, 6.07) is 16.7. The maximum absolute atomic E-state index is 13.1. The fourth-order valence-electron chi connectivity index (χ4n) is 6.97. The van der Waals surface area contributed by atoms with Gasteiger partial charge >= 0.3 is 0 Å². The SMILES string of the molecule is Cc1ccc(NC(=O)c2cnc(Nc3cc(N4CCN(CCOCCCNCC(=O)Nc5cccc6c5CN(C(=O)c5cccc(=O)[nH]c5=O)C6)CC4)nc(C)n3)s2)c(Cl)c1. The van der Waals surface area contributed by atoms with Crippen LogP contribution in [0.3, 0.4) is 0 Å². The number of nitrogens with one attached hydrogen (secondary N) is 5. The molecule has 17 nitrogen and oxygen atoms in total. The quantitative estimate of drug-likeness (QED) is 0.0885. The summed E-state index contributed by atoms with van der Waals surface area (Å²) >= 11 is 7.51. The number of carbonyl (C=O) groups is 3. The molecule has 2 aromatic carbocycles. The standard InChI is InChI=1S/C42H46ClN11O6S/c1-26-10-11-33(31(43)20-26)49-40(58)34-22-45-42(61-34)50-35-21-36(47-27(2)46-35)53-15-13-52(14-16-53)17-19-60-18-5-12-44-23-38(56)48-32-8-3-6-28-24-54(25-30(28)32)41(59)29-7-4-9-37(55)51-39(29)57/h3-4,6-11,20-22,44H,5,12-19,23-25H2,1-2H3,(H,48,56)(H,49,58)(H,51,55,57)(H,45,46,47,50). The summed E-state index contributed by atoms with van der Waals surface area (Å²) < 4.78 is 5.89. The highest BCUT2D eigenvalue weighted by atomic mass is 35.5. The monoisotopic (exact) mass is 867 g/mol. The molecule has 61 heavy (non-hydrogen) atoms. The van der Waals surface area contributed by atoms with Crippen LogP contribution in [-0.2, 0) is 22.6 Å². The number of benzene rings is 2. The van der Waals surface area contributed by atoms with Crippen LogP contribution in [0.2, 0.25) is 5.02 Å². The van der Waals surface area contributed by atoms with Gasteiger partial charge in [-0.15, -0.1) is 0 Å². The van der Waals surface area contributed by atoms with Crippen LogP contribution in [0.15, 0.2) is 76.4 Å². The van der Waals surface area contributed by atoms with Crippen molar-refractivity contribution in [1.82, 2.24) is 35.1 Å². The number of anilines is 5. The lowest BCUT2D eigenvalue weighted by atomic mass is 10.1. The number of piperazine rings is 1. The van der Waals surface area contributed by atoms with Crippen molar-refractivity contribution in [2.75, 3.05) is 79.9 Å². The van der Waals surface area contributed by atoms with E-state index in [2.05, 4.69) is 51.0 Å². The predicted octanol–water partition coefficient (Wildman–Crippen LogP) is 4.16. The van der Waals surface area contributed by atoms with Crippen LogP contribution >= 0.6 is 22.9 Å². The zero-order valence-corrected chi connectivity index (χ0v) is 35.3. The van der Waals surface area contributed by atoms with Gasteiger partial charge in [0, 0.05) is 75.8 Å². The minimum absolute atomic E-state index is 0.114. The second-order valence-electron chi connectivity index (χ2n) is 14.6. The van der Waals surface area contributed by atoms with Crippen molar-refractivity contribution < 1.29 is 19.1 Å². The van der Waals surface area contributed by atoms with Crippen LogP contribution in [0, 0.1) is 13.8 Å². The maximum Gasteiger partial charge on any atom is 0.267 e. The Bertz CT molecular complexity index is 2530. The third-order valence-corrected chi connectivity index (χ3v) is 11.3. The number of ether oxygens (including phenoxy) is 1. The molecule has 5 heterocycles. The molecular weight excluding hydrogens is 822 g/mol. The number of thiazole rings is 1. The summed E-state index contributed by atoms with van der Waals surface area (Å²) in [5.41, 5.74) is 2.40. The number of hydrogen-bond acceptors (Lipinski definition) is 14. The van der Waals surface area contributed by atoms with Gasteiger partial charge in [0.15, 0.2) is 5.13 Å². The first-order valence-corrected chi connectivity index (χ1v) is 21.0. The van der Waals surface area contributed by atoms with Crippen LogP contribution in [-0.4, -0.2) is 106 Å². The largest absolute Gasteiger partial charge is 0.380 e. The lowest BCUT2D eigenvalue weighted by Gasteiger charge is -2.35. The highest BCUT2D eigenvalue weighted by Gasteiger charge is 2.28. The minimum Gasteiger partial charge on any atom is -0.380 e. The molecule has 0 radical (unpaired) electrons. The van der Waals surface area contributed by atoms with Crippen molar-refractivity contribution in [2.45, 2.75) is 33.4 Å². The summed E-state index contributed by atoms with van der Waals surface area (Å²) in [4.78, 5) is 85.0. The molecule has 3 aromatic heterocycles. The molecule has 0 unspecified atom stereocenters. The van der Waals surface area contributed by atoms with Crippen molar-refractivity contribution in [3.63, 3.8) is 0 Å². The fourth-order valence-corrected chi connectivity index (χ4v) is 7.97. The molecule has 0 bridgehead atoms. The van der Waals surface area contributed by atoms with Gasteiger partial charge in [0.25, 0.3) is 22.9 Å². The van der Waals surface area contributed by atoms with E-state index in [0.29, 0.717) is 57.8 Å². The number of amides is 3. The molecular formula is C42H46ClN11O6S. The smallest absolute Gasteiger partial charge is 0.267 e. The number of nitrogens with zero attached hydrogens (tertiary/aromatic N) is 6. The van der Waals surface area contributed by atoms with Gasteiger partial charge in [-0.25, -0.2) is 15.0 Å². The molecule has 2 aliphatic heterocycles. The van der Waals surface area contributed by atoms with Gasteiger partial charge in [-0.2, -0.15) is 0 Å². The van der Waals surface area contributed by atoms with Crippen LogP contribution in [0.5, 0.6) is 0 Å². The minimum atomic E-state index is -0.741. The maximum atomic E-state index is 13.1. The molecule has 1 fully saturated rings. The summed E-state index contributed by atoms with van der Waals surface area (Å²) in [5.74, 6) is 1.04. The van der Waals surface area contributed by atoms with E-state index in [0.717, 1.165) is 61.7 Å². The number of H-pyrrole nitrogens is 1. The first-order valence-electron chi connectivity index (χ1n) is 19.8. The molecule has 0 saturated carbocycles. The van der Waals surface area contributed by atoms with Crippen molar-refractivity contribution in [2.24, 2.45) is 0 Å². The topological polar surface area (TPSA) is 207 Å². The van der Waals surface area contributed by atoms with Crippen LogP contribution < -0.4 is 37.3 Å². The van der Waals surface area contributed by atoms with Crippen molar-refractivity contribution in [1.29, 1.82) is 0 Å².